The molecule has 0 amide bonds. The maximum Gasteiger partial charge on any atom is 0.185 e. The molecule has 0 spiro atoms. The topological polar surface area (TPSA) is 111 Å². The van der Waals surface area contributed by atoms with E-state index >= 15 is 0 Å². The Hall–Kier alpha value is -0.810. The fourth-order valence-electron chi connectivity index (χ4n) is 1.03. The summed E-state index contributed by atoms with van der Waals surface area (Å²) >= 11 is 0. The maximum absolute atomic E-state index is 9.32. The van der Waals surface area contributed by atoms with Crippen molar-refractivity contribution < 1.29 is 5.11 Å². The van der Waals surface area contributed by atoms with Crippen molar-refractivity contribution in [1.29, 1.82) is 0 Å². The minimum Gasteiger partial charge on any atom is -0.392 e. The number of rotatable bonds is 6. The van der Waals surface area contributed by atoms with Crippen LogP contribution in [0, 0.1) is 0 Å². The molecule has 0 saturated heterocycles. The van der Waals surface area contributed by atoms with Crippen LogP contribution in [0.15, 0.2) is 4.99 Å². The Labute approximate surface area is 79.0 Å². The summed E-state index contributed by atoms with van der Waals surface area (Å²) < 4.78 is 0. The number of hydrogen-bond acceptors (Lipinski definition) is 3. The molecule has 0 aromatic heterocycles. The molecule has 0 bridgehead atoms. The summed E-state index contributed by atoms with van der Waals surface area (Å²) in [6.45, 7) is 2.48. The lowest BCUT2D eigenvalue weighted by Gasteiger charge is -2.16. The second kappa shape index (κ2) is 6.68. The van der Waals surface area contributed by atoms with E-state index in [0.29, 0.717) is 13.0 Å². The van der Waals surface area contributed by atoms with Crippen molar-refractivity contribution in [3.05, 3.63) is 0 Å². The van der Waals surface area contributed by atoms with Crippen LogP contribution in [0.5, 0.6) is 0 Å². The lowest BCUT2D eigenvalue weighted by molar-refractivity contribution is 0.135. The molecule has 0 aliphatic heterocycles. The SMILES string of the molecule is CCC(O)[C@@H](N)CCCN=C(N)N. The van der Waals surface area contributed by atoms with E-state index in [4.69, 9.17) is 17.2 Å². The number of hydrogen-bond donors (Lipinski definition) is 4. The van der Waals surface area contributed by atoms with Gasteiger partial charge in [0.15, 0.2) is 5.96 Å². The third kappa shape index (κ3) is 6.36. The normalized spacial score (nSPS) is 15.0. The number of nitrogens with zero attached hydrogens (tertiary/aromatic N) is 1. The minimum absolute atomic E-state index is 0.101. The van der Waals surface area contributed by atoms with Crippen LogP contribution in [0.25, 0.3) is 0 Å². The highest BCUT2D eigenvalue weighted by atomic mass is 16.3. The Morgan fingerprint density at radius 1 is 1.46 bits per heavy atom. The molecule has 0 rings (SSSR count). The van der Waals surface area contributed by atoms with Crippen molar-refractivity contribution in [3.8, 4) is 0 Å². The maximum atomic E-state index is 9.32. The largest absolute Gasteiger partial charge is 0.392 e. The summed E-state index contributed by atoms with van der Waals surface area (Å²) in [5.74, 6) is 0.101. The zero-order valence-corrected chi connectivity index (χ0v) is 8.11. The number of aliphatic imine (C=N–C) groups is 1. The van der Waals surface area contributed by atoms with Gasteiger partial charge < -0.3 is 22.3 Å². The molecule has 0 aromatic carbocycles. The summed E-state index contributed by atoms with van der Waals surface area (Å²) in [6, 6.07) is -0.167. The second-order valence-corrected chi connectivity index (χ2v) is 3.09. The Morgan fingerprint density at radius 2 is 2.08 bits per heavy atom. The van der Waals surface area contributed by atoms with Gasteiger partial charge in [0.25, 0.3) is 0 Å². The molecule has 0 heterocycles. The monoisotopic (exact) mass is 188 g/mol. The van der Waals surface area contributed by atoms with Crippen molar-refractivity contribution in [2.45, 2.75) is 38.3 Å². The smallest absolute Gasteiger partial charge is 0.185 e. The average molecular weight is 188 g/mol. The zero-order chi connectivity index (χ0) is 10.3. The number of guanidine groups is 1. The van der Waals surface area contributed by atoms with E-state index in [2.05, 4.69) is 4.99 Å². The van der Waals surface area contributed by atoms with E-state index in [1.165, 1.54) is 0 Å². The van der Waals surface area contributed by atoms with Crippen LogP contribution in [0.2, 0.25) is 0 Å². The Balaban J connectivity index is 3.47. The van der Waals surface area contributed by atoms with Crippen LogP contribution in [-0.4, -0.2) is 29.8 Å². The molecule has 5 heteroatoms. The molecule has 13 heavy (non-hydrogen) atoms. The van der Waals surface area contributed by atoms with Gasteiger partial charge in [-0.2, -0.15) is 0 Å². The highest BCUT2D eigenvalue weighted by molar-refractivity contribution is 5.75. The van der Waals surface area contributed by atoms with Gasteiger partial charge in [-0.15, -0.1) is 0 Å². The predicted octanol–water partition coefficient (Wildman–Crippen LogP) is -0.862. The van der Waals surface area contributed by atoms with Crippen LogP contribution >= 0.6 is 0 Å². The van der Waals surface area contributed by atoms with Gasteiger partial charge in [-0.25, -0.2) is 0 Å². The minimum atomic E-state index is -0.417. The van der Waals surface area contributed by atoms with Crippen LogP contribution in [-0.2, 0) is 0 Å². The van der Waals surface area contributed by atoms with Gasteiger partial charge in [0, 0.05) is 12.6 Å². The Morgan fingerprint density at radius 3 is 2.54 bits per heavy atom. The first-order valence-corrected chi connectivity index (χ1v) is 4.57. The molecule has 5 nitrogen and oxygen atoms in total. The van der Waals surface area contributed by atoms with E-state index in [0.717, 1.165) is 12.8 Å². The lowest BCUT2D eigenvalue weighted by atomic mass is 10.0. The van der Waals surface area contributed by atoms with Crippen LogP contribution in [0.3, 0.4) is 0 Å². The van der Waals surface area contributed by atoms with E-state index in [1.807, 2.05) is 6.92 Å². The molecule has 0 saturated carbocycles. The van der Waals surface area contributed by atoms with Gasteiger partial charge in [0.1, 0.15) is 0 Å². The summed E-state index contributed by atoms with van der Waals surface area (Å²) in [4.78, 5) is 3.82. The molecule has 7 N–H and O–H groups in total. The average Bonchev–Trinajstić information content (AvgIpc) is 2.10. The third-order valence-electron chi connectivity index (χ3n) is 1.90. The van der Waals surface area contributed by atoms with E-state index in [9.17, 15) is 5.11 Å². The third-order valence-corrected chi connectivity index (χ3v) is 1.90. The molecule has 0 aliphatic carbocycles. The highest BCUT2D eigenvalue weighted by Crippen LogP contribution is 2.02. The summed E-state index contributed by atoms with van der Waals surface area (Å²) in [5, 5.41) is 9.32. The van der Waals surface area contributed by atoms with Crippen LogP contribution in [0.1, 0.15) is 26.2 Å². The second-order valence-electron chi connectivity index (χ2n) is 3.09. The van der Waals surface area contributed by atoms with Gasteiger partial charge in [0.2, 0.25) is 0 Å². The van der Waals surface area contributed by atoms with Crippen molar-refractivity contribution in [1.82, 2.24) is 0 Å². The summed E-state index contributed by atoms with van der Waals surface area (Å²) in [5.41, 5.74) is 16.0. The quantitative estimate of drug-likeness (QED) is 0.247. The van der Waals surface area contributed by atoms with E-state index in [1.54, 1.807) is 0 Å². The summed E-state index contributed by atoms with van der Waals surface area (Å²) in [7, 11) is 0. The fraction of sp³-hybridized carbons (Fsp3) is 0.875. The Bertz CT molecular complexity index is 156. The Kier molecular flexibility index (Phi) is 6.26. The molecule has 0 aliphatic rings. The van der Waals surface area contributed by atoms with Crippen molar-refractivity contribution in [2.75, 3.05) is 6.54 Å². The number of aliphatic hydroxyl groups excluding tert-OH is 1. The van der Waals surface area contributed by atoms with E-state index in [-0.39, 0.29) is 12.0 Å². The van der Waals surface area contributed by atoms with E-state index < -0.39 is 6.10 Å². The standard InChI is InChI=1S/C8H20N4O/c1-2-7(13)6(9)4-3-5-12-8(10)11/h6-7,13H,2-5,9H2,1H3,(H4,10,11,12)/t6-,7?/m0/s1. The van der Waals surface area contributed by atoms with Gasteiger partial charge in [0.05, 0.1) is 6.10 Å². The summed E-state index contributed by atoms with van der Waals surface area (Å²) in [6.07, 6.45) is 1.81. The van der Waals surface area contributed by atoms with Gasteiger partial charge in [-0.3, -0.25) is 4.99 Å². The lowest BCUT2D eigenvalue weighted by Crippen LogP contribution is -2.34. The highest BCUT2D eigenvalue weighted by Gasteiger charge is 2.11. The molecule has 78 valence electrons. The van der Waals surface area contributed by atoms with Gasteiger partial charge in [-0.05, 0) is 19.3 Å². The molecule has 1 unspecified atom stereocenters. The fourth-order valence-corrected chi connectivity index (χ4v) is 1.03. The van der Waals surface area contributed by atoms with Crippen LogP contribution in [0.4, 0.5) is 0 Å². The molecular formula is C8H20N4O. The van der Waals surface area contributed by atoms with Crippen molar-refractivity contribution >= 4 is 5.96 Å². The van der Waals surface area contributed by atoms with Crippen LogP contribution < -0.4 is 17.2 Å². The molecule has 0 fully saturated rings. The molecule has 0 aromatic rings. The molecule has 0 radical (unpaired) electrons. The molecule has 2 atom stereocenters. The predicted molar refractivity (Wildman–Crippen MR) is 54.2 cm³/mol. The number of nitrogens with two attached hydrogens (primary N) is 3. The first kappa shape index (κ1) is 12.2. The van der Waals surface area contributed by atoms with Gasteiger partial charge in [-0.1, -0.05) is 6.92 Å². The zero-order valence-electron chi connectivity index (χ0n) is 8.11. The van der Waals surface area contributed by atoms with Crippen molar-refractivity contribution in [3.63, 3.8) is 0 Å². The van der Waals surface area contributed by atoms with Crippen molar-refractivity contribution in [2.24, 2.45) is 22.2 Å². The first-order chi connectivity index (χ1) is 6.07. The first-order valence-electron chi connectivity index (χ1n) is 4.57. The van der Waals surface area contributed by atoms with Gasteiger partial charge >= 0.3 is 0 Å². The molecular weight excluding hydrogens is 168 g/mol. The number of aliphatic hydroxyl groups is 1.